The number of halogens is 1. The van der Waals surface area contributed by atoms with Crippen LogP contribution in [0.25, 0.3) is 10.9 Å². The summed E-state index contributed by atoms with van der Waals surface area (Å²) in [6.45, 7) is 3.30. The molecule has 0 saturated carbocycles. The Hall–Kier alpha value is -2.97. The number of hydrogen-bond acceptors (Lipinski definition) is 3. The molecular formula is C22H22ClN3O2. The summed E-state index contributed by atoms with van der Waals surface area (Å²) < 4.78 is 8.08. The molecule has 3 aromatic rings. The predicted molar refractivity (Wildman–Crippen MR) is 110 cm³/mol. The van der Waals surface area contributed by atoms with Crippen molar-refractivity contribution in [3.8, 4) is 11.8 Å². The van der Waals surface area contributed by atoms with Crippen LogP contribution in [0.1, 0.15) is 30.2 Å². The van der Waals surface area contributed by atoms with Gasteiger partial charge in [-0.1, -0.05) is 37.1 Å². The zero-order valence-electron chi connectivity index (χ0n) is 15.7. The number of carbonyl (C=O) groups is 1. The molecule has 5 nitrogen and oxygen atoms in total. The average molecular weight is 396 g/mol. The van der Waals surface area contributed by atoms with Crippen LogP contribution in [-0.4, -0.2) is 17.1 Å². The molecule has 0 aliphatic carbocycles. The van der Waals surface area contributed by atoms with Crippen molar-refractivity contribution in [1.82, 2.24) is 4.57 Å². The highest BCUT2D eigenvalue weighted by molar-refractivity contribution is 6.36. The fourth-order valence-corrected chi connectivity index (χ4v) is 3.58. The molecule has 2 N–H and O–H groups in total. The van der Waals surface area contributed by atoms with Gasteiger partial charge in [0.15, 0.2) is 0 Å². The Balaban J connectivity index is 1.76. The van der Waals surface area contributed by atoms with Crippen LogP contribution < -0.4 is 10.5 Å². The lowest BCUT2D eigenvalue weighted by molar-refractivity contribution is -0.117. The minimum atomic E-state index is -0.352. The topological polar surface area (TPSA) is 81.0 Å². The normalized spacial score (nSPS) is 10.8. The standard InChI is InChI=1S/C22H22ClN3O2/c1-2-3-17-13-19-20(9-6-16(14-24)22(19)23)26(17)10-11-28-18-7-4-15(5-8-18)12-21(25)27/h4-9,13H,2-3,10-12H2,1H3,(H2,25,27). The first-order chi connectivity index (χ1) is 13.5. The first-order valence-corrected chi connectivity index (χ1v) is 9.62. The molecule has 0 unspecified atom stereocenters. The first-order valence-electron chi connectivity index (χ1n) is 9.24. The number of aryl methyl sites for hydroxylation is 1. The second kappa shape index (κ2) is 8.81. The smallest absolute Gasteiger partial charge is 0.221 e. The molecule has 1 amide bonds. The summed E-state index contributed by atoms with van der Waals surface area (Å²) in [5, 5.41) is 10.6. The zero-order valence-corrected chi connectivity index (χ0v) is 16.5. The number of aromatic nitrogens is 1. The van der Waals surface area contributed by atoms with Crippen molar-refractivity contribution in [2.24, 2.45) is 5.73 Å². The van der Waals surface area contributed by atoms with Gasteiger partial charge >= 0.3 is 0 Å². The van der Waals surface area contributed by atoms with Crippen LogP contribution in [0, 0.1) is 11.3 Å². The predicted octanol–water partition coefficient (Wildman–Crippen LogP) is 4.23. The highest BCUT2D eigenvalue weighted by Gasteiger charge is 2.13. The summed E-state index contributed by atoms with van der Waals surface area (Å²) in [6, 6.07) is 15.3. The highest BCUT2D eigenvalue weighted by Crippen LogP contribution is 2.30. The molecule has 0 atom stereocenters. The molecule has 0 radical (unpaired) electrons. The van der Waals surface area contributed by atoms with Gasteiger partial charge < -0.3 is 15.0 Å². The number of hydrogen-bond donors (Lipinski definition) is 1. The van der Waals surface area contributed by atoms with Crippen molar-refractivity contribution >= 4 is 28.4 Å². The van der Waals surface area contributed by atoms with Crippen LogP contribution in [0.4, 0.5) is 0 Å². The van der Waals surface area contributed by atoms with Crippen LogP contribution in [0.2, 0.25) is 5.02 Å². The van der Waals surface area contributed by atoms with Gasteiger partial charge in [0.2, 0.25) is 5.91 Å². The van der Waals surface area contributed by atoms with Crippen molar-refractivity contribution in [3.05, 3.63) is 64.3 Å². The van der Waals surface area contributed by atoms with Gasteiger partial charge in [-0.3, -0.25) is 4.79 Å². The molecule has 2 aromatic carbocycles. The van der Waals surface area contributed by atoms with E-state index in [9.17, 15) is 10.1 Å². The fraction of sp³-hybridized carbons (Fsp3) is 0.273. The fourth-order valence-electron chi connectivity index (χ4n) is 3.33. The van der Waals surface area contributed by atoms with E-state index in [1.807, 2.05) is 30.3 Å². The van der Waals surface area contributed by atoms with Gasteiger partial charge in [-0.25, -0.2) is 0 Å². The second-order valence-corrected chi connectivity index (χ2v) is 7.02. The molecule has 6 heteroatoms. The molecule has 0 spiro atoms. The Morgan fingerprint density at radius 2 is 2.00 bits per heavy atom. The number of rotatable bonds is 8. The minimum Gasteiger partial charge on any atom is -0.492 e. The van der Waals surface area contributed by atoms with Gasteiger partial charge in [0, 0.05) is 16.6 Å². The van der Waals surface area contributed by atoms with Crippen LogP contribution in [-0.2, 0) is 24.2 Å². The summed E-state index contributed by atoms with van der Waals surface area (Å²) in [4.78, 5) is 11.0. The van der Waals surface area contributed by atoms with E-state index in [-0.39, 0.29) is 12.3 Å². The first kappa shape index (κ1) is 19.8. The Labute approximate surface area is 169 Å². The molecule has 0 fully saturated rings. The van der Waals surface area contributed by atoms with Gasteiger partial charge in [0.05, 0.1) is 23.6 Å². The molecule has 28 heavy (non-hydrogen) atoms. The van der Waals surface area contributed by atoms with Crippen LogP contribution in [0.3, 0.4) is 0 Å². The minimum absolute atomic E-state index is 0.224. The zero-order chi connectivity index (χ0) is 20.1. The largest absolute Gasteiger partial charge is 0.492 e. The molecule has 3 rings (SSSR count). The van der Waals surface area contributed by atoms with E-state index in [1.165, 1.54) is 5.69 Å². The van der Waals surface area contributed by atoms with Gasteiger partial charge in [0.1, 0.15) is 18.4 Å². The lowest BCUT2D eigenvalue weighted by atomic mass is 10.1. The highest BCUT2D eigenvalue weighted by atomic mass is 35.5. The number of fused-ring (bicyclic) bond motifs is 1. The number of carbonyl (C=O) groups excluding carboxylic acids is 1. The van der Waals surface area contributed by atoms with Crippen molar-refractivity contribution in [2.75, 3.05) is 6.61 Å². The van der Waals surface area contributed by atoms with Crippen molar-refractivity contribution in [3.63, 3.8) is 0 Å². The summed E-state index contributed by atoms with van der Waals surface area (Å²) in [7, 11) is 0. The summed E-state index contributed by atoms with van der Waals surface area (Å²) in [6.07, 6.45) is 2.16. The molecule has 0 aliphatic rings. The van der Waals surface area contributed by atoms with E-state index in [0.29, 0.717) is 23.7 Å². The SMILES string of the molecule is CCCc1cc2c(Cl)c(C#N)ccc2n1CCOc1ccc(CC(N)=O)cc1. The number of nitrogens with two attached hydrogens (primary N) is 1. The number of benzene rings is 2. The average Bonchev–Trinajstić information content (AvgIpc) is 3.02. The maximum Gasteiger partial charge on any atom is 0.221 e. The summed E-state index contributed by atoms with van der Waals surface area (Å²) in [5.74, 6) is 0.390. The third-order valence-corrected chi connectivity index (χ3v) is 5.02. The molecule has 0 aliphatic heterocycles. The van der Waals surface area contributed by atoms with Crippen molar-refractivity contribution < 1.29 is 9.53 Å². The van der Waals surface area contributed by atoms with Crippen LogP contribution in [0.5, 0.6) is 5.75 Å². The third kappa shape index (κ3) is 4.29. The molecule has 0 saturated heterocycles. The number of ether oxygens (including phenoxy) is 1. The van der Waals surface area contributed by atoms with E-state index in [4.69, 9.17) is 22.1 Å². The Morgan fingerprint density at radius 1 is 1.25 bits per heavy atom. The Bertz CT molecular complexity index is 1030. The molecular weight excluding hydrogens is 374 g/mol. The number of nitriles is 1. The number of amides is 1. The van der Waals surface area contributed by atoms with Crippen LogP contribution >= 0.6 is 11.6 Å². The number of nitrogens with zero attached hydrogens (tertiary/aromatic N) is 2. The van der Waals surface area contributed by atoms with E-state index in [0.717, 1.165) is 35.1 Å². The maximum absolute atomic E-state index is 11.0. The van der Waals surface area contributed by atoms with E-state index >= 15 is 0 Å². The summed E-state index contributed by atoms with van der Waals surface area (Å²) >= 11 is 6.41. The van der Waals surface area contributed by atoms with E-state index in [2.05, 4.69) is 23.6 Å². The lowest BCUT2D eigenvalue weighted by Crippen LogP contribution is -2.13. The monoisotopic (exact) mass is 395 g/mol. The van der Waals surface area contributed by atoms with Gasteiger partial charge in [-0.05, 0) is 42.3 Å². The van der Waals surface area contributed by atoms with Gasteiger partial charge in [-0.2, -0.15) is 5.26 Å². The number of primary amides is 1. The van der Waals surface area contributed by atoms with Crippen molar-refractivity contribution in [1.29, 1.82) is 5.26 Å². The molecule has 1 heterocycles. The summed E-state index contributed by atoms with van der Waals surface area (Å²) in [5.41, 5.74) is 8.75. The van der Waals surface area contributed by atoms with Gasteiger partial charge in [-0.15, -0.1) is 0 Å². The van der Waals surface area contributed by atoms with Gasteiger partial charge in [0.25, 0.3) is 0 Å². The van der Waals surface area contributed by atoms with Crippen LogP contribution in [0.15, 0.2) is 42.5 Å². The van der Waals surface area contributed by atoms with Crippen molar-refractivity contribution in [2.45, 2.75) is 32.7 Å². The Morgan fingerprint density at radius 3 is 2.64 bits per heavy atom. The van der Waals surface area contributed by atoms with E-state index in [1.54, 1.807) is 6.07 Å². The quantitative estimate of drug-likeness (QED) is 0.619. The molecule has 1 aromatic heterocycles. The Kier molecular flexibility index (Phi) is 6.23. The van der Waals surface area contributed by atoms with E-state index < -0.39 is 0 Å². The lowest BCUT2D eigenvalue weighted by Gasteiger charge is -2.12. The second-order valence-electron chi connectivity index (χ2n) is 6.64. The third-order valence-electron chi connectivity index (χ3n) is 4.62. The molecule has 0 bridgehead atoms. The maximum atomic E-state index is 11.0. The molecule has 144 valence electrons.